The minimum Gasteiger partial charge on any atom is -0.456 e. The molecule has 0 spiro atoms. The molecule has 3 aromatic rings. The summed E-state index contributed by atoms with van der Waals surface area (Å²) < 4.78 is 5.93. The molecule has 0 saturated heterocycles. The molecule has 0 atom stereocenters. The third-order valence-electron chi connectivity index (χ3n) is 3.22. The smallest absolute Gasteiger partial charge is 0.137 e. The maximum Gasteiger partial charge on any atom is 0.137 e. The van der Waals surface area contributed by atoms with Crippen LogP contribution >= 0.6 is 0 Å². The molecule has 0 radical (unpaired) electrons. The first-order valence-corrected chi connectivity index (χ1v) is 6.06. The normalized spacial score (nSPS) is 11.0. The SMILES string of the molecule is Cc1cccc2cc(-c3ccc(CN)cc3)oc12. The summed E-state index contributed by atoms with van der Waals surface area (Å²) in [6.45, 7) is 2.63. The van der Waals surface area contributed by atoms with Crippen molar-refractivity contribution >= 4 is 11.0 Å². The highest BCUT2D eigenvalue weighted by Crippen LogP contribution is 2.29. The summed E-state index contributed by atoms with van der Waals surface area (Å²) >= 11 is 0. The Morgan fingerprint density at radius 3 is 2.50 bits per heavy atom. The quantitative estimate of drug-likeness (QED) is 0.735. The Morgan fingerprint density at radius 1 is 1.06 bits per heavy atom. The first kappa shape index (κ1) is 11.1. The molecule has 0 aliphatic rings. The number of aryl methyl sites for hydroxylation is 1. The largest absolute Gasteiger partial charge is 0.456 e. The van der Waals surface area contributed by atoms with Crippen molar-refractivity contribution < 1.29 is 4.42 Å². The van der Waals surface area contributed by atoms with E-state index in [4.69, 9.17) is 10.2 Å². The van der Waals surface area contributed by atoms with Crippen molar-refractivity contribution in [2.75, 3.05) is 0 Å². The summed E-state index contributed by atoms with van der Waals surface area (Å²) in [5.41, 5.74) is 9.94. The van der Waals surface area contributed by atoms with Crippen molar-refractivity contribution in [1.82, 2.24) is 0 Å². The second-order valence-corrected chi connectivity index (χ2v) is 4.50. The van der Waals surface area contributed by atoms with Gasteiger partial charge in [-0.25, -0.2) is 0 Å². The molecule has 1 heterocycles. The van der Waals surface area contributed by atoms with Crippen LogP contribution in [0.4, 0.5) is 0 Å². The Balaban J connectivity index is 2.10. The Kier molecular flexibility index (Phi) is 2.65. The lowest BCUT2D eigenvalue weighted by atomic mass is 10.1. The molecular formula is C16H15NO. The van der Waals surface area contributed by atoms with Gasteiger partial charge in [-0.05, 0) is 24.1 Å². The number of rotatable bonds is 2. The van der Waals surface area contributed by atoms with Crippen LogP contribution in [0.25, 0.3) is 22.3 Å². The highest BCUT2D eigenvalue weighted by atomic mass is 16.3. The fraction of sp³-hybridized carbons (Fsp3) is 0.125. The summed E-state index contributed by atoms with van der Waals surface area (Å²) in [5.74, 6) is 0.905. The van der Waals surface area contributed by atoms with Gasteiger partial charge in [-0.15, -0.1) is 0 Å². The first-order valence-electron chi connectivity index (χ1n) is 6.06. The lowest BCUT2D eigenvalue weighted by Gasteiger charge is -1.99. The molecule has 0 amide bonds. The molecule has 0 fully saturated rings. The van der Waals surface area contributed by atoms with Crippen molar-refractivity contribution in [1.29, 1.82) is 0 Å². The van der Waals surface area contributed by atoms with Gasteiger partial charge in [-0.3, -0.25) is 0 Å². The molecule has 0 unspecified atom stereocenters. The molecule has 2 N–H and O–H groups in total. The van der Waals surface area contributed by atoms with E-state index in [9.17, 15) is 0 Å². The molecule has 18 heavy (non-hydrogen) atoms. The van der Waals surface area contributed by atoms with Crippen molar-refractivity contribution in [2.45, 2.75) is 13.5 Å². The summed E-state index contributed by atoms with van der Waals surface area (Å²) in [6.07, 6.45) is 0. The predicted molar refractivity (Wildman–Crippen MR) is 74.3 cm³/mol. The van der Waals surface area contributed by atoms with E-state index in [0.29, 0.717) is 6.54 Å². The fourth-order valence-electron chi connectivity index (χ4n) is 2.16. The number of nitrogens with two attached hydrogens (primary N) is 1. The molecule has 90 valence electrons. The van der Waals surface area contributed by atoms with Crippen LogP contribution in [0.3, 0.4) is 0 Å². The number of para-hydroxylation sites is 1. The standard InChI is InChI=1S/C16H15NO/c1-11-3-2-4-14-9-15(18-16(11)14)13-7-5-12(10-17)6-8-13/h2-9H,10,17H2,1H3. The lowest BCUT2D eigenvalue weighted by Crippen LogP contribution is -1.94. The van der Waals surface area contributed by atoms with E-state index in [1.165, 1.54) is 0 Å². The van der Waals surface area contributed by atoms with Crippen LogP contribution in [0.5, 0.6) is 0 Å². The van der Waals surface area contributed by atoms with Gasteiger partial charge in [0, 0.05) is 17.5 Å². The number of furan rings is 1. The second kappa shape index (κ2) is 4.31. The number of fused-ring (bicyclic) bond motifs is 1. The maximum absolute atomic E-state index is 5.93. The van der Waals surface area contributed by atoms with Crippen LogP contribution < -0.4 is 5.73 Å². The zero-order valence-electron chi connectivity index (χ0n) is 10.3. The highest BCUT2D eigenvalue weighted by molar-refractivity contribution is 5.85. The number of hydrogen-bond donors (Lipinski definition) is 1. The topological polar surface area (TPSA) is 39.2 Å². The van der Waals surface area contributed by atoms with Gasteiger partial charge in [-0.1, -0.05) is 42.5 Å². The van der Waals surface area contributed by atoms with Gasteiger partial charge in [-0.2, -0.15) is 0 Å². The number of benzene rings is 2. The summed E-state index contributed by atoms with van der Waals surface area (Å²) in [4.78, 5) is 0. The van der Waals surface area contributed by atoms with E-state index in [0.717, 1.165) is 33.4 Å². The Hall–Kier alpha value is -2.06. The van der Waals surface area contributed by atoms with Crippen molar-refractivity contribution in [2.24, 2.45) is 5.73 Å². The fourth-order valence-corrected chi connectivity index (χ4v) is 2.16. The molecule has 3 rings (SSSR count). The van der Waals surface area contributed by atoms with Crippen molar-refractivity contribution in [3.63, 3.8) is 0 Å². The molecule has 1 aromatic heterocycles. The molecule has 0 bridgehead atoms. The summed E-state index contributed by atoms with van der Waals surface area (Å²) in [6, 6.07) is 16.4. The molecule has 2 aromatic carbocycles. The molecule has 0 saturated carbocycles. The van der Waals surface area contributed by atoms with Gasteiger partial charge in [0.25, 0.3) is 0 Å². The summed E-state index contributed by atoms with van der Waals surface area (Å²) in [7, 11) is 0. The molecule has 2 heteroatoms. The maximum atomic E-state index is 5.93. The second-order valence-electron chi connectivity index (χ2n) is 4.50. The van der Waals surface area contributed by atoms with E-state index in [-0.39, 0.29) is 0 Å². The van der Waals surface area contributed by atoms with Crippen molar-refractivity contribution in [3.8, 4) is 11.3 Å². The molecule has 0 aliphatic carbocycles. The monoisotopic (exact) mass is 237 g/mol. The van der Waals surface area contributed by atoms with Gasteiger partial charge in [0.05, 0.1) is 0 Å². The third kappa shape index (κ3) is 1.81. The van der Waals surface area contributed by atoms with Crippen LogP contribution in [-0.2, 0) is 6.54 Å². The highest BCUT2D eigenvalue weighted by Gasteiger charge is 2.07. The van der Waals surface area contributed by atoms with Crippen LogP contribution in [-0.4, -0.2) is 0 Å². The van der Waals surface area contributed by atoms with Crippen molar-refractivity contribution in [3.05, 3.63) is 59.7 Å². The Morgan fingerprint density at radius 2 is 1.83 bits per heavy atom. The third-order valence-corrected chi connectivity index (χ3v) is 3.22. The first-order chi connectivity index (χ1) is 8.78. The van der Waals surface area contributed by atoms with Crippen LogP contribution in [0.1, 0.15) is 11.1 Å². The molecular weight excluding hydrogens is 222 g/mol. The van der Waals surface area contributed by atoms with Crippen LogP contribution in [0.2, 0.25) is 0 Å². The van der Waals surface area contributed by atoms with Gasteiger partial charge in [0.2, 0.25) is 0 Å². The van der Waals surface area contributed by atoms with E-state index >= 15 is 0 Å². The van der Waals surface area contributed by atoms with E-state index in [1.807, 2.05) is 12.1 Å². The van der Waals surface area contributed by atoms with Gasteiger partial charge in [0.15, 0.2) is 0 Å². The van der Waals surface area contributed by atoms with Gasteiger partial charge < -0.3 is 10.2 Å². The lowest BCUT2D eigenvalue weighted by molar-refractivity contribution is 0.629. The van der Waals surface area contributed by atoms with Crippen LogP contribution in [0, 0.1) is 6.92 Å². The van der Waals surface area contributed by atoms with E-state index in [2.05, 4.69) is 43.3 Å². The summed E-state index contributed by atoms with van der Waals surface area (Å²) in [5, 5.41) is 1.15. The molecule has 0 aliphatic heterocycles. The average molecular weight is 237 g/mol. The predicted octanol–water partition coefficient (Wildman–Crippen LogP) is 3.87. The zero-order chi connectivity index (χ0) is 12.5. The zero-order valence-corrected chi connectivity index (χ0v) is 10.3. The van der Waals surface area contributed by atoms with E-state index in [1.54, 1.807) is 0 Å². The average Bonchev–Trinajstić information content (AvgIpc) is 2.84. The minimum absolute atomic E-state index is 0.569. The van der Waals surface area contributed by atoms with Gasteiger partial charge in [0.1, 0.15) is 11.3 Å². The van der Waals surface area contributed by atoms with Crippen LogP contribution in [0.15, 0.2) is 52.9 Å². The number of hydrogen-bond acceptors (Lipinski definition) is 2. The van der Waals surface area contributed by atoms with Gasteiger partial charge >= 0.3 is 0 Å². The Bertz CT molecular complexity index is 680. The van der Waals surface area contributed by atoms with E-state index < -0.39 is 0 Å². The Labute approximate surface area is 106 Å². The minimum atomic E-state index is 0.569. The molecule has 2 nitrogen and oxygen atoms in total.